The second-order valence-electron chi connectivity index (χ2n) is 6.44. The van der Waals surface area contributed by atoms with Crippen LogP contribution >= 0.6 is 0 Å². The van der Waals surface area contributed by atoms with Crippen LogP contribution in [0.3, 0.4) is 0 Å². The van der Waals surface area contributed by atoms with Crippen molar-refractivity contribution in [1.82, 2.24) is 4.72 Å². The zero-order valence-electron chi connectivity index (χ0n) is 12.3. The molecule has 0 spiro atoms. The minimum atomic E-state index is -3.44. The summed E-state index contributed by atoms with van der Waals surface area (Å²) < 4.78 is 27.4. The molecule has 116 valence electrons. The molecule has 4 nitrogen and oxygen atoms in total. The van der Waals surface area contributed by atoms with Crippen molar-refractivity contribution in [3.8, 4) is 0 Å². The highest BCUT2D eigenvalue weighted by Gasteiger charge is 2.41. The summed E-state index contributed by atoms with van der Waals surface area (Å²) >= 11 is 0. The van der Waals surface area contributed by atoms with Gasteiger partial charge in [0.15, 0.2) is 0 Å². The van der Waals surface area contributed by atoms with E-state index in [-0.39, 0.29) is 4.90 Å². The van der Waals surface area contributed by atoms with E-state index in [0.717, 1.165) is 17.4 Å². The first-order chi connectivity index (χ1) is 9.97. The maximum atomic E-state index is 12.3. The average molecular weight is 309 g/mol. The van der Waals surface area contributed by atoms with Gasteiger partial charge in [0, 0.05) is 6.54 Å². The molecule has 0 radical (unpaired) electrons. The molecule has 0 saturated heterocycles. The fourth-order valence-electron chi connectivity index (χ4n) is 2.98. The van der Waals surface area contributed by atoms with Crippen LogP contribution in [0, 0.1) is 17.8 Å². The number of benzene rings is 1. The SMILES string of the molecule is CC(O)c1ccc(S(=O)(=O)NCC(C2CC2)C2CC2)cc1. The van der Waals surface area contributed by atoms with Crippen LogP contribution in [0.1, 0.15) is 44.3 Å². The number of aliphatic hydroxyl groups excluding tert-OH is 1. The fourth-order valence-corrected chi connectivity index (χ4v) is 4.05. The van der Waals surface area contributed by atoms with Gasteiger partial charge in [-0.2, -0.15) is 0 Å². The molecular formula is C16H23NO3S. The van der Waals surface area contributed by atoms with Gasteiger partial charge in [0.05, 0.1) is 11.0 Å². The molecule has 1 unspecified atom stereocenters. The Morgan fingerprint density at radius 3 is 2.10 bits per heavy atom. The molecule has 3 rings (SSSR count). The normalized spacial score (nSPS) is 20.7. The van der Waals surface area contributed by atoms with Crippen LogP contribution in [-0.4, -0.2) is 20.1 Å². The Hall–Kier alpha value is -0.910. The molecule has 2 fully saturated rings. The molecule has 2 N–H and O–H groups in total. The molecule has 0 aliphatic heterocycles. The minimum Gasteiger partial charge on any atom is -0.389 e. The molecule has 2 aliphatic rings. The molecule has 1 aromatic carbocycles. The summed E-state index contributed by atoms with van der Waals surface area (Å²) in [7, 11) is -3.44. The largest absolute Gasteiger partial charge is 0.389 e. The van der Waals surface area contributed by atoms with Crippen molar-refractivity contribution in [2.45, 2.75) is 43.6 Å². The van der Waals surface area contributed by atoms with Crippen molar-refractivity contribution in [3.63, 3.8) is 0 Å². The van der Waals surface area contributed by atoms with Crippen LogP contribution in [0.5, 0.6) is 0 Å². The van der Waals surface area contributed by atoms with E-state index in [1.54, 1.807) is 31.2 Å². The first-order valence-electron chi connectivity index (χ1n) is 7.75. The van der Waals surface area contributed by atoms with Crippen LogP contribution in [0.15, 0.2) is 29.2 Å². The molecule has 0 amide bonds. The summed E-state index contributed by atoms with van der Waals surface area (Å²) in [5.74, 6) is 1.99. The maximum absolute atomic E-state index is 12.3. The van der Waals surface area contributed by atoms with E-state index in [1.807, 2.05) is 0 Å². The summed E-state index contributed by atoms with van der Waals surface area (Å²) in [6.45, 7) is 2.23. The lowest BCUT2D eigenvalue weighted by atomic mass is 9.99. The Morgan fingerprint density at radius 1 is 1.14 bits per heavy atom. The van der Waals surface area contributed by atoms with Gasteiger partial charge in [-0.25, -0.2) is 13.1 Å². The summed E-state index contributed by atoms with van der Waals surface area (Å²) in [5.41, 5.74) is 0.725. The third-order valence-electron chi connectivity index (χ3n) is 4.64. The predicted octanol–water partition coefficient (Wildman–Crippen LogP) is 2.45. The Labute approximate surface area is 126 Å². The molecule has 2 saturated carbocycles. The third-order valence-corrected chi connectivity index (χ3v) is 6.08. The van der Waals surface area contributed by atoms with Gasteiger partial charge in [0.1, 0.15) is 0 Å². The summed E-state index contributed by atoms with van der Waals surface area (Å²) in [6.07, 6.45) is 4.44. The second kappa shape index (κ2) is 5.71. The first kappa shape index (κ1) is 15.0. The quantitative estimate of drug-likeness (QED) is 0.813. The highest BCUT2D eigenvalue weighted by Crippen LogP contribution is 2.48. The number of aliphatic hydroxyl groups is 1. The average Bonchev–Trinajstić information content (AvgIpc) is 3.32. The van der Waals surface area contributed by atoms with Crippen LogP contribution in [0.2, 0.25) is 0 Å². The Morgan fingerprint density at radius 2 is 1.67 bits per heavy atom. The smallest absolute Gasteiger partial charge is 0.240 e. The van der Waals surface area contributed by atoms with Gasteiger partial charge in [-0.3, -0.25) is 0 Å². The van der Waals surface area contributed by atoms with Crippen molar-refractivity contribution in [1.29, 1.82) is 0 Å². The van der Waals surface area contributed by atoms with Crippen molar-refractivity contribution in [3.05, 3.63) is 29.8 Å². The highest BCUT2D eigenvalue weighted by atomic mass is 32.2. The van der Waals surface area contributed by atoms with Gasteiger partial charge in [-0.1, -0.05) is 12.1 Å². The van der Waals surface area contributed by atoms with Crippen LogP contribution in [0.25, 0.3) is 0 Å². The molecule has 1 aromatic rings. The molecular weight excluding hydrogens is 286 g/mol. The van der Waals surface area contributed by atoms with Gasteiger partial charge in [0.2, 0.25) is 10.0 Å². The fraction of sp³-hybridized carbons (Fsp3) is 0.625. The van der Waals surface area contributed by atoms with E-state index in [1.165, 1.54) is 25.7 Å². The van der Waals surface area contributed by atoms with Gasteiger partial charge in [-0.05, 0) is 68.1 Å². The monoisotopic (exact) mass is 309 g/mol. The lowest BCUT2D eigenvalue weighted by Crippen LogP contribution is -2.31. The van der Waals surface area contributed by atoms with E-state index in [0.29, 0.717) is 12.5 Å². The summed E-state index contributed by atoms with van der Waals surface area (Å²) in [6, 6.07) is 6.46. The maximum Gasteiger partial charge on any atom is 0.240 e. The van der Waals surface area contributed by atoms with E-state index in [9.17, 15) is 13.5 Å². The minimum absolute atomic E-state index is 0.275. The lowest BCUT2D eigenvalue weighted by Gasteiger charge is -2.16. The molecule has 0 aromatic heterocycles. The molecule has 1 atom stereocenters. The van der Waals surface area contributed by atoms with Crippen LogP contribution in [-0.2, 0) is 10.0 Å². The van der Waals surface area contributed by atoms with Crippen molar-refractivity contribution >= 4 is 10.0 Å². The Kier molecular flexibility index (Phi) is 4.08. The summed E-state index contributed by atoms with van der Waals surface area (Å²) in [5, 5.41) is 9.46. The third kappa shape index (κ3) is 3.65. The number of nitrogens with one attached hydrogen (secondary N) is 1. The van der Waals surface area contributed by atoms with Gasteiger partial charge < -0.3 is 5.11 Å². The van der Waals surface area contributed by atoms with Crippen LogP contribution in [0.4, 0.5) is 0 Å². The van der Waals surface area contributed by atoms with E-state index in [2.05, 4.69) is 4.72 Å². The zero-order valence-corrected chi connectivity index (χ0v) is 13.1. The number of sulfonamides is 1. The molecule has 21 heavy (non-hydrogen) atoms. The number of hydrogen-bond donors (Lipinski definition) is 2. The number of hydrogen-bond acceptors (Lipinski definition) is 3. The van der Waals surface area contributed by atoms with E-state index >= 15 is 0 Å². The Balaban J connectivity index is 1.65. The summed E-state index contributed by atoms with van der Waals surface area (Å²) in [4.78, 5) is 0.275. The first-order valence-corrected chi connectivity index (χ1v) is 9.23. The highest BCUT2D eigenvalue weighted by molar-refractivity contribution is 7.89. The molecule has 0 heterocycles. The molecule has 0 bridgehead atoms. The Bertz CT molecular complexity index is 574. The van der Waals surface area contributed by atoms with Crippen molar-refractivity contribution in [2.24, 2.45) is 17.8 Å². The van der Waals surface area contributed by atoms with E-state index < -0.39 is 16.1 Å². The molecule has 5 heteroatoms. The van der Waals surface area contributed by atoms with Gasteiger partial charge in [-0.15, -0.1) is 0 Å². The lowest BCUT2D eigenvalue weighted by molar-refractivity contribution is 0.199. The van der Waals surface area contributed by atoms with Crippen LogP contribution < -0.4 is 4.72 Å². The standard InChI is InChI=1S/C16H23NO3S/c1-11(18)12-6-8-15(9-7-12)21(19,20)17-10-16(13-2-3-13)14-4-5-14/h6-9,11,13-14,16-18H,2-5,10H2,1H3. The van der Waals surface area contributed by atoms with Gasteiger partial charge in [0.25, 0.3) is 0 Å². The van der Waals surface area contributed by atoms with Crippen molar-refractivity contribution in [2.75, 3.05) is 6.54 Å². The predicted molar refractivity (Wildman–Crippen MR) is 81.2 cm³/mol. The zero-order chi connectivity index (χ0) is 15.0. The van der Waals surface area contributed by atoms with Gasteiger partial charge >= 0.3 is 0 Å². The second-order valence-corrected chi connectivity index (χ2v) is 8.20. The van der Waals surface area contributed by atoms with E-state index in [4.69, 9.17) is 0 Å². The topological polar surface area (TPSA) is 66.4 Å². The van der Waals surface area contributed by atoms with Crippen molar-refractivity contribution < 1.29 is 13.5 Å². The number of rotatable bonds is 7. The molecule has 2 aliphatic carbocycles.